The summed E-state index contributed by atoms with van der Waals surface area (Å²) in [5.41, 5.74) is 0. The summed E-state index contributed by atoms with van der Waals surface area (Å²) < 4.78 is 5.31. The number of hydrogen-bond acceptors (Lipinski definition) is 3. The molecule has 2 fully saturated rings. The highest BCUT2D eigenvalue weighted by atomic mass is 16.5. The van der Waals surface area contributed by atoms with Gasteiger partial charge in [-0.15, -0.1) is 0 Å². The van der Waals surface area contributed by atoms with Crippen molar-refractivity contribution in [2.24, 2.45) is 11.8 Å². The van der Waals surface area contributed by atoms with Gasteiger partial charge in [0.2, 0.25) is 11.8 Å². The Morgan fingerprint density at radius 1 is 1.14 bits per heavy atom. The van der Waals surface area contributed by atoms with E-state index in [-0.39, 0.29) is 29.7 Å². The van der Waals surface area contributed by atoms with Crippen LogP contribution in [0.2, 0.25) is 0 Å². The molecule has 2 amide bonds. The first kappa shape index (κ1) is 16.3. The van der Waals surface area contributed by atoms with E-state index < -0.39 is 0 Å². The fraction of sp³-hybridized carbons (Fsp3) is 0.875. The van der Waals surface area contributed by atoms with Gasteiger partial charge in [-0.25, -0.2) is 0 Å². The molecule has 0 aromatic carbocycles. The fourth-order valence-corrected chi connectivity index (χ4v) is 3.03. The van der Waals surface area contributed by atoms with E-state index >= 15 is 0 Å². The van der Waals surface area contributed by atoms with Gasteiger partial charge in [0.1, 0.15) is 0 Å². The van der Waals surface area contributed by atoms with Gasteiger partial charge in [-0.1, -0.05) is 6.92 Å². The Morgan fingerprint density at radius 2 is 1.76 bits per heavy atom. The van der Waals surface area contributed by atoms with E-state index in [1.165, 1.54) is 0 Å². The second-order valence-electron chi connectivity index (χ2n) is 6.30. The first-order valence-corrected chi connectivity index (χ1v) is 8.28. The molecule has 2 aliphatic heterocycles. The number of hydrogen-bond donors (Lipinski definition) is 1. The van der Waals surface area contributed by atoms with E-state index in [4.69, 9.17) is 4.74 Å². The quantitative estimate of drug-likeness (QED) is 0.856. The molecule has 0 bridgehead atoms. The highest BCUT2D eigenvalue weighted by Crippen LogP contribution is 2.23. The smallest absolute Gasteiger partial charge is 0.225 e. The third-order valence-corrected chi connectivity index (χ3v) is 4.75. The van der Waals surface area contributed by atoms with Gasteiger partial charge in [0, 0.05) is 44.2 Å². The molecule has 0 saturated carbocycles. The van der Waals surface area contributed by atoms with Crippen LogP contribution in [0.1, 0.15) is 46.0 Å². The number of rotatable bonds is 4. The van der Waals surface area contributed by atoms with Gasteiger partial charge in [-0.3, -0.25) is 9.59 Å². The number of carbonyl (C=O) groups excluding carboxylic acids is 2. The molecule has 0 aromatic rings. The normalized spacial score (nSPS) is 22.9. The number of piperidine rings is 1. The number of ether oxygens (including phenoxy) is 1. The van der Waals surface area contributed by atoms with Crippen LogP contribution in [-0.2, 0) is 14.3 Å². The van der Waals surface area contributed by atoms with Crippen LogP contribution in [-0.4, -0.2) is 49.1 Å². The summed E-state index contributed by atoms with van der Waals surface area (Å²) in [6.07, 6.45) is 4.21. The maximum Gasteiger partial charge on any atom is 0.225 e. The molecule has 1 atom stereocenters. The highest BCUT2D eigenvalue weighted by Gasteiger charge is 2.31. The predicted molar refractivity (Wildman–Crippen MR) is 80.7 cm³/mol. The number of amides is 2. The molecular formula is C16H28N2O3. The van der Waals surface area contributed by atoms with Crippen LogP contribution in [0.5, 0.6) is 0 Å². The molecule has 21 heavy (non-hydrogen) atoms. The number of nitrogens with one attached hydrogen (secondary N) is 1. The first-order chi connectivity index (χ1) is 10.1. The molecule has 0 aliphatic carbocycles. The molecule has 120 valence electrons. The molecule has 2 heterocycles. The minimum Gasteiger partial charge on any atom is -0.381 e. The van der Waals surface area contributed by atoms with E-state index in [9.17, 15) is 9.59 Å². The summed E-state index contributed by atoms with van der Waals surface area (Å²) in [7, 11) is 0. The number of carbonyl (C=O) groups is 2. The van der Waals surface area contributed by atoms with Gasteiger partial charge in [0.05, 0.1) is 0 Å². The van der Waals surface area contributed by atoms with Crippen LogP contribution < -0.4 is 5.32 Å². The predicted octanol–water partition coefficient (Wildman–Crippen LogP) is 1.57. The van der Waals surface area contributed by atoms with E-state index in [0.29, 0.717) is 13.2 Å². The van der Waals surface area contributed by atoms with Crippen LogP contribution in [0.25, 0.3) is 0 Å². The van der Waals surface area contributed by atoms with Crippen LogP contribution in [0, 0.1) is 11.8 Å². The Balaban J connectivity index is 1.77. The molecular weight excluding hydrogens is 268 g/mol. The van der Waals surface area contributed by atoms with Crippen molar-refractivity contribution in [2.45, 2.75) is 52.0 Å². The topological polar surface area (TPSA) is 58.6 Å². The molecule has 5 heteroatoms. The average Bonchev–Trinajstić information content (AvgIpc) is 2.55. The van der Waals surface area contributed by atoms with Crippen molar-refractivity contribution in [1.29, 1.82) is 0 Å². The van der Waals surface area contributed by atoms with Crippen molar-refractivity contribution in [2.75, 3.05) is 26.3 Å². The molecule has 0 spiro atoms. The fourth-order valence-electron chi connectivity index (χ4n) is 3.03. The average molecular weight is 296 g/mol. The second-order valence-corrected chi connectivity index (χ2v) is 6.30. The zero-order valence-electron chi connectivity index (χ0n) is 13.3. The zero-order chi connectivity index (χ0) is 15.2. The van der Waals surface area contributed by atoms with Crippen molar-refractivity contribution in [1.82, 2.24) is 10.2 Å². The van der Waals surface area contributed by atoms with E-state index in [0.717, 1.165) is 45.2 Å². The maximum absolute atomic E-state index is 12.4. The van der Waals surface area contributed by atoms with Gasteiger partial charge in [0.25, 0.3) is 0 Å². The summed E-state index contributed by atoms with van der Waals surface area (Å²) in [5, 5.41) is 3.05. The Bertz CT molecular complexity index is 359. The lowest BCUT2D eigenvalue weighted by Gasteiger charge is -2.35. The van der Waals surface area contributed by atoms with E-state index in [1.54, 1.807) is 0 Å². The van der Waals surface area contributed by atoms with Gasteiger partial charge >= 0.3 is 0 Å². The summed E-state index contributed by atoms with van der Waals surface area (Å²) >= 11 is 0. The number of nitrogens with zero attached hydrogens (tertiary/aromatic N) is 1. The summed E-state index contributed by atoms with van der Waals surface area (Å²) in [5.74, 6) is 0.614. The minimum atomic E-state index is 0.0674. The Labute approximate surface area is 127 Å². The zero-order valence-corrected chi connectivity index (χ0v) is 13.3. The second kappa shape index (κ2) is 7.78. The van der Waals surface area contributed by atoms with Gasteiger partial charge < -0.3 is 15.0 Å². The third-order valence-electron chi connectivity index (χ3n) is 4.75. The van der Waals surface area contributed by atoms with Crippen LogP contribution in [0.4, 0.5) is 0 Å². The lowest BCUT2D eigenvalue weighted by molar-refractivity contribution is -0.141. The molecule has 5 nitrogen and oxygen atoms in total. The molecule has 2 saturated heterocycles. The SMILES string of the molecule is CCC(C)NC(=O)C1CCN(C(=O)C2CCOCC2)CC1. The third kappa shape index (κ3) is 4.43. The molecule has 2 rings (SSSR count). The van der Waals surface area contributed by atoms with E-state index in [2.05, 4.69) is 12.2 Å². The van der Waals surface area contributed by atoms with Crippen molar-refractivity contribution >= 4 is 11.8 Å². The van der Waals surface area contributed by atoms with Crippen molar-refractivity contribution < 1.29 is 14.3 Å². The van der Waals surface area contributed by atoms with Gasteiger partial charge in [-0.2, -0.15) is 0 Å². The Kier molecular flexibility index (Phi) is 6.03. The van der Waals surface area contributed by atoms with Crippen molar-refractivity contribution in [3.63, 3.8) is 0 Å². The van der Waals surface area contributed by atoms with Crippen LogP contribution >= 0.6 is 0 Å². The largest absolute Gasteiger partial charge is 0.381 e. The van der Waals surface area contributed by atoms with Crippen molar-refractivity contribution in [3.05, 3.63) is 0 Å². The Hall–Kier alpha value is -1.10. The monoisotopic (exact) mass is 296 g/mol. The van der Waals surface area contributed by atoms with Gasteiger partial charge in [0.15, 0.2) is 0 Å². The minimum absolute atomic E-state index is 0.0674. The summed E-state index contributed by atoms with van der Waals surface area (Å²) in [6, 6.07) is 0.236. The molecule has 0 aromatic heterocycles. The maximum atomic E-state index is 12.4. The standard InChI is InChI=1S/C16H28N2O3/c1-3-12(2)17-15(19)13-4-8-18(9-5-13)16(20)14-6-10-21-11-7-14/h12-14H,3-11H2,1-2H3,(H,17,19). The van der Waals surface area contributed by atoms with Gasteiger partial charge in [-0.05, 0) is 39.0 Å². The lowest BCUT2D eigenvalue weighted by Crippen LogP contribution is -2.46. The summed E-state index contributed by atoms with van der Waals surface area (Å²) in [6.45, 7) is 6.93. The molecule has 1 unspecified atom stereocenters. The van der Waals surface area contributed by atoms with E-state index in [1.807, 2.05) is 11.8 Å². The molecule has 2 aliphatic rings. The van der Waals surface area contributed by atoms with Crippen LogP contribution in [0.3, 0.4) is 0 Å². The Morgan fingerprint density at radius 3 is 2.33 bits per heavy atom. The lowest BCUT2D eigenvalue weighted by atomic mass is 9.92. The first-order valence-electron chi connectivity index (χ1n) is 8.28. The van der Waals surface area contributed by atoms with Crippen molar-refractivity contribution in [3.8, 4) is 0 Å². The summed E-state index contributed by atoms with van der Waals surface area (Å²) in [4.78, 5) is 26.5. The van der Waals surface area contributed by atoms with Crippen LogP contribution in [0.15, 0.2) is 0 Å². The molecule has 0 radical (unpaired) electrons. The highest BCUT2D eigenvalue weighted by molar-refractivity contribution is 5.81. The molecule has 1 N–H and O–H groups in total. The number of likely N-dealkylation sites (tertiary alicyclic amines) is 1.